The maximum Gasteiger partial charge on any atom is 0.263 e. The largest absolute Gasteiger partial charge is 0.338 e. The highest BCUT2D eigenvalue weighted by Crippen LogP contribution is 2.13. The van der Waals surface area contributed by atoms with Crippen LogP contribution >= 0.6 is 11.3 Å². The van der Waals surface area contributed by atoms with Gasteiger partial charge in [0.15, 0.2) is 0 Å². The highest BCUT2D eigenvalue weighted by molar-refractivity contribution is 7.12. The molecule has 1 aromatic rings. The van der Waals surface area contributed by atoms with Crippen molar-refractivity contribution in [1.29, 1.82) is 0 Å². The molecule has 0 spiro atoms. The second-order valence-electron chi connectivity index (χ2n) is 5.34. The van der Waals surface area contributed by atoms with Crippen LogP contribution in [-0.2, 0) is 0 Å². The van der Waals surface area contributed by atoms with Gasteiger partial charge in [-0.1, -0.05) is 57.9 Å². The van der Waals surface area contributed by atoms with E-state index in [4.69, 9.17) is 0 Å². The molecule has 0 radical (unpaired) electrons. The van der Waals surface area contributed by atoms with Crippen molar-refractivity contribution in [2.45, 2.75) is 65.2 Å². The molecule has 1 aromatic heterocycles. The van der Waals surface area contributed by atoms with Crippen molar-refractivity contribution in [2.75, 3.05) is 13.1 Å². The normalized spacial score (nSPS) is 10.7. The third-order valence-electron chi connectivity index (χ3n) is 3.68. The predicted octanol–water partition coefficient (Wildman–Crippen LogP) is 5.35. The summed E-state index contributed by atoms with van der Waals surface area (Å²) in [4.78, 5) is 15.1. The van der Waals surface area contributed by atoms with Crippen LogP contribution in [0.4, 0.5) is 0 Å². The van der Waals surface area contributed by atoms with Crippen LogP contribution in [0.1, 0.15) is 74.9 Å². The van der Waals surface area contributed by atoms with E-state index in [-0.39, 0.29) is 5.91 Å². The van der Waals surface area contributed by atoms with Gasteiger partial charge >= 0.3 is 0 Å². The van der Waals surface area contributed by atoms with Gasteiger partial charge in [-0.3, -0.25) is 4.79 Å². The Labute approximate surface area is 128 Å². The molecule has 114 valence electrons. The van der Waals surface area contributed by atoms with Gasteiger partial charge in [0.05, 0.1) is 4.88 Å². The lowest BCUT2D eigenvalue weighted by atomic mass is 10.1. The van der Waals surface area contributed by atoms with Crippen molar-refractivity contribution in [3.8, 4) is 0 Å². The fraction of sp³-hybridized carbons (Fsp3) is 0.706. The molecule has 0 aliphatic rings. The molecule has 1 rings (SSSR count). The number of carbonyl (C=O) groups is 1. The molecule has 1 heterocycles. The predicted molar refractivity (Wildman–Crippen MR) is 88.5 cm³/mol. The average molecular weight is 295 g/mol. The maximum absolute atomic E-state index is 12.2. The van der Waals surface area contributed by atoms with Crippen LogP contribution < -0.4 is 0 Å². The summed E-state index contributed by atoms with van der Waals surface area (Å²) in [5.41, 5.74) is 0. The first kappa shape index (κ1) is 17.2. The van der Waals surface area contributed by atoms with Crippen LogP contribution in [0.25, 0.3) is 0 Å². The van der Waals surface area contributed by atoms with E-state index in [1.807, 2.05) is 22.4 Å². The average Bonchev–Trinajstić information content (AvgIpc) is 2.99. The molecule has 2 nitrogen and oxygen atoms in total. The molecule has 0 aromatic carbocycles. The highest BCUT2D eigenvalue weighted by atomic mass is 32.1. The number of hydrogen-bond donors (Lipinski definition) is 0. The number of hydrogen-bond acceptors (Lipinski definition) is 2. The van der Waals surface area contributed by atoms with Crippen LogP contribution in [-0.4, -0.2) is 23.9 Å². The van der Waals surface area contributed by atoms with Gasteiger partial charge in [0, 0.05) is 13.1 Å². The van der Waals surface area contributed by atoms with E-state index in [9.17, 15) is 4.79 Å². The fourth-order valence-corrected chi connectivity index (χ4v) is 3.09. The molecule has 0 atom stereocenters. The lowest BCUT2D eigenvalue weighted by Crippen LogP contribution is -2.31. The molecule has 0 aliphatic heterocycles. The maximum atomic E-state index is 12.2. The molecule has 0 N–H and O–H groups in total. The molecule has 3 heteroatoms. The van der Waals surface area contributed by atoms with Crippen LogP contribution in [0.15, 0.2) is 17.5 Å². The Morgan fingerprint density at radius 3 is 2.25 bits per heavy atom. The topological polar surface area (TPSA) is 20.3 Å². The summed E-state index contributed by atoms with van der Waals surface area (Å²) in [6.07, 6.45) is 10.5. The van der Waals surface area contributed by atoms with E-state index >= 15 is 0 Å². The molecule has 1 amide bonds. The fourth-order valence-electron chi connectivity index (χ4n) is 2.40. The molecule has 0 saturated carbocycles. The Balaban J connectivity index is 2.11. The Morgan fingerprint density at radius 2 is 1.70 bits per heavy atom. The lowest BCUT2D eigenvalue weighted by Gasteiger charge is -2.20. The summed E-state index contributed by atoms with van der Waals surface area (Å²) >= 11 is 1.54. The number of unbranched alkanes of at least 4 members (excludes halogenated alkanes) is 7. The SMILES string of the molecule is CCCCCCCCCCN(CC)C(=O)c1cccs1. The first-order valence-electron chi connectivity index (χ1n) is 8.12. The summed E-state index contributed by atoms with van der Waals surface area (Å²) in [6.45, 7) is 6.04. The quantitative estimate of drug-likeness (QED) is 0.504. The van der Waals surface area contributed by atoms with Crippen LogP contribution in [0.5, 0.6) is 0 Å². The van der Waals surface area contributed by atoms with E-state index in [1.165, 1.54) is 56.3 Å². The summed E-state index contributed by atoms with van der Waals surface area (Å²) in [5, 5.41) is 1.97. The van der Waals surface area contributed by atoms with Gasteiger partial charge < -0.3 is 4.90 Å². The van der Waals surface area contributed by atoms with Crippen molar-refractivity contribution in [2.24, 2.45) is 0 Å². The van der Waals surface area contributed by atoms with Crippen LogP contribution in [0.2, 0.25) is 0 Å². The van der Waals surface area contributed by atoms with Gasteiger partial charge in [-0.15, -0.1) is 11.3 Å². The van der Waals surface area contributed by atoms with Crippen molar-refractivity contribution < 1.29 is 4.79 Å². The number of thiophene rings is 1. The number of nitrogens with zero attached hydrogens (tertiary/aromatic N) is 1. The van der Waals surface area contributed by atoms with Gasteiger partial charge in [-0.25, -0.2) is 0 Å². The second-order valence-corrected chi connectivity index (χ2v) is 6.28. The Kier molecular flexibility index (Phi) is 9.38. The van der Waals surface area contributed by atoms with Crippen LogP contribution in [0.3, 0.4) is 0 Å². The zero-order valence-corrected chi connectivity index (χ0v) is 13.9. The summed E-state index contributed by atoms with van der Waals surface area (Å²) < 4.78 is 0. The van der Waals surface area contributed by atoms with Gasteiger partial charge in [0.1, 0.15) is 0 Å². The van der Waals surface area contributed by atoms with E-state index < -0.39 is 0 Å². The van der Waals surface area contributed by atoms with Gasteiger partial charge in [-0.2, -0.15) is 0 Å². The molecule has 0 aliphatic carbocycles. The Bertz CT molecular complexity index is 348. The zero-order valence-electron chi connectivity index (χ0n) is 13.1. The standard InChI is InChI=1S/C17H29NOS/c1-3-5-6-7-8-9-10-11-14-18(4-2)17(19)16-13-12-15-20-16/h12-13,15H,3-11,14H2,1-2H3. The lowest BCUT2D eigenvalue weighted by molar-refractivity contribution is 0.0766. The second kappa shape index (κ2) is 10.9. The minimum atomic E-state index is 0.199. The van der Waals surface area contributed by atoms with E-state index in [0.29, 0.717) is 0 Å². The summed E-state index contributed by atoms with van der Waals surface area (Å²) in [6, 6.07) is 3.87. The van der Waals surface area contributed by atoms with Gasteiger partial charge in [-0.05, 0) is 24.8 Å². The van der Waals surface area contributed by atoms with E-state index in [2.05, 4.69) is 13.8 Å². The summed E-state index contributed by atoms with van der Waals surface area (Å²) in [7, 11) is 0. The Hall–Kier alpha value is -0.830. The number of amides is 1. The summed E-state index contributed by atoms with van der Waals surface area (Å²) in [5.74, 6) is 0.199. The number of carbonyl (C=O) groups excluding carboxylic acids is 1. The molecule has 0 unspecified atom stereocenters. The van der Waals surface area contributed by atoms with Gasteiger partial charge in [0.25, 0.3) is 5.91 Å². The first-order valence-corrected chi connectivity index (χ1v) is 9.00. The molecule has 0 bridgehead atoms. The molecule has 0 fully saturated rings. The van der Waals surface area contributed by atoms with E-state index in [1.54, 1.807) is 0 Å². The van der Waals surface area contributed by atoms with Crippen LogP contribution in [0, 0.1) is 0 Å². The van der Waals surface area contributed by atoms with E-state index in [0.717, 1.165) is 24.4 Å². The Morgan fingerprint density at radius 1 is 1.05 bits per heavy atom. The van der Waals surface area contributed by atoms with Crippen molar-refractivity contribution >= 4 is 17.2 Å². The monoisotopic (exact) mass is 295 g/mol. The zero-order chi connectivity index (χ0) is 14.6. The minimum absolute atomic E-state index is 0.199. The third-order valence-corrected chi connectivity index (χ3v) is 4.54. The van der Waals surface area contributed by atoms with Gasteiger partial charge in [0.2, 0.25) is 0 Å². The number of rotatable bonds is 11. The molecule has 0 saturated heterocycles. The van der Waals surface area contributed by atoms with Crippen molar-refractivity contribution in [3.05, 3.63) is 22.4 Å². The van der Waals surface area contributed by atoms with Crippen molar-refractivity contribution in [3.63, 3.8) is 0 Å². The smallest absolute Gasteiger partial charge is 0.263 e. The molecular weight excluding hydrogens is 266 g/mol. The third kappa shape index (κ3) is 6.56. The highest BCUT2D eigenvalue weighted by Gasteiger charge is 2.13. The first-order chi connectivity index (χ1) is 9.79. The molecule has 20 heavy (non-hydrogen) atoms. The minimum Gasteiger partial charge on any atom is -0.338 e. The molecular formula is C17H29NOS. The van der Waals surface area contributed by atoms with Crippen molar-refractivity contribution in [1.82, 2.24) is 4.90 Å².